The maximum Gasteiger partial charge on any atom is 0.573 e. The van der Waals surface area contributed by atoms with Crippen LogP contribution in [-0.4, -0.2) is 28.9 Å². The number of nitrogens with one attached hydrogen (secondary N) is 1. The van der Waals surface area contributed by atoms with Crippen molar-refractivity contribution in [2.24, 2.45) is 0 Å². The van der Waals surface area contributed by atoms with E-state index in [0.29, 0.717) is 16.7 Å². The standard InChI is InChI=1S/C20H18F3N3O3/c1-4-28-19(27)17-18(26-16-10-12(3)11(2)9-15(16)25-17)24-13-5-7-14(8-6-13)29-20(21,22)23/h5-10H,4H2,1-3H3,(H,24,26). The van der Waals surface area contributed by atoms with Crippen LogP contribution in [0.15, 0.2) is 36.4 Å². The van der Waals surface area contributed by atoms with Crippen molar-refractivity contribution in [2.45, 2.75) is 27.1 Å². The molecule has 1 N–H and O–H groups in total. The van der Waals surface area contributed by atoms with Gasteiger partial charge in [-0.2, -0.15) is 0 Å². The lowest BCUT2D eigenvalue weighted by atomic mass is 10.1. The van der Waals surface area contributed by atoms with E-state index in [0.717, 1.165) is 23.3 Å². The molecule has 9 heteroatoms. The number of fused-ring (bicyclic) bond motifs is 1. The molecule has 0 aliphatic heterocycles. The van der Waals surface area contributed by atoms with Crippen LogP contribution in [0.5, 0.6) is 5.75 Å². The molecule has 0 saturated heterocycles. The third-order valence-corrected chi connectivity index (χ3v) is 4.10. The van der Waals surface area contributed by atoms with Crippen LogP contribution < -0.4 is 10.1 Å². The van der Waals surface area contributed by atoms with Gasteiger partial charge in [0.05, 0.1) is 17.6 Å². The van der Waals surface area contributed by atoms with E-state index in [9.17, 15) is 18.0 Å². The largest absolute Gasteiger partial charge is 0.573 e. The van der Waals surface area contributed by atoms with Crippen molar-refractivity contribution in [2.75, 3.05) is 11.9 Å². The molecule has 0 saturated carbocycles. The highest BCUT2D eigenvalue weighted by molar-refractivity contribution is 5.96. The fraction of sp³-hybridized carbons (Fsp3) is 0.250. The summed E-state index contributed by atoms with van der Waals surface area (Å²) in [4.78, 5) is 21.2. The van der Waals surface area contributed by atoms with Gasteiger partial charge in [0, 0.05) is 5.69 Å². The predicted molar refractivity (Wildman–Crippen MR) is 101 cm³/mol. The molecule has 0 atom stereocenters. The highest BCUT2D eigenvalue weighted by Gasteiger charge is 2.31. The van der Waals surface area contributed by atoms with Gasteiger partial charge in [-0.1, -0.05) is 0 Å². The number of hydrogen-bond acceptors (Lipinski definition) is 6. The maximum atomic E-state index is 12.4. The fourth-order valence-electron chi connectivity index (χ4n) is 2.62. The molecule has 3 aromatic rings. The van der Waals surface area contributed by atoms with Gasteiger partial charge in [-0.25, -0.2) is 14.8 Å². The molecule has 6 nitrogen and oxygen atoms in total. The van der Waals surface area contributed by atoms with Crippen LogP contribution in [0.4, 0.5) is 24.7 Å². The van der Waals surface area contributed by atoms with Gasteiger partial charge in [0.15, 0.2) is 11.5 Å². The van der Waals surface area contributed by atoms with E-state index in [4.69, 9.17) is 4.74 Å². The first-order valence-electron chi connectivity index (χ1n) is 8.75. The highest BCUT2D eigenvalue weighted by Crippen LogP contribution is 2.27. The molecule has 0 bridgehead atoms. The Bertz CT molecular complexity index is 1050. The summed E-state index contributed by atoms with van der Waals surface area (Å²) in [7, 11) is 0. The molecule has 1 heterocycles. The summed E-state index contributed by atoms with van der Waals surface area (Å²) < 4.78 is 45.8. The summed E-state index contributed by atoms with van der Waals surface area (Å²) in [5.74, 6) is -0.868. The van der Waals surface area contributed by atoms with Gasteiger partial charge >= 0.3 is 12.3 Å². The van der Waals surface area contributed by atoms with Crippen LogP contribution in [0.25, 0.3) is 11.0 Å². The lowest BCUT2D eigenvalue weighted by Gasteiger charge is -2.13. The molecular formula is C20H18F3N3O3. The zero-order valence-electron chi connectivity index (χ0n) is 15.9. The van der Waals surface area contributed by atoms with Crippen molar-refractivity contribution in [3.05, 3.63) is 53.2 Å². The van der Waals surface area contributed by atoms with Crippen molar-refractivity contribution in [3.8, 4) is 5.75 Å². The van der Waals surface area contributed by atoms with Gasteiger partial charge in [0.2, 0.25) is 0 Å². The number of anilines is 2. The summed E-state index contributed by atoms with van der Waals surface area (Å²) in [6, 6.07) is 8.74. The minimum absolute atomic E-state index is 0.0155. The highest BCUT2D eigenvalue weighted by atomic mass is 19.4. The van der Waals surface area contributed by atoms with Gasteiger partial charge < -0.3 is 14.8 Å². The normalized spacial score (nSPS) is 11.4. The smallest absolute Gasteiger partial charge is 0.461 e. The first-order chi connectivity index (χ1) is 13.7. The number of benzene rings is 2. The van der Waals surface area contributed by atoms with Gasteiger partial charge in [0.1, 0.15) is 5.75 Å². The number of carbonyl (C=O) groups is 1. The van der Waals surface area contributed by atoms with Crippen molar-refractivity contribution in [1.82, 2.24) is 9.97 Å². The van der Waals surface area contributed by atoms with Crippen molar-refractivity contribution >= 4 is 28.5 Å². The summed E-state index contributed by atoms with van der Waals surface area (Å²) >= 11 is 0. The zero-order valence-corrected chi connectivity index (χ0v) is 15.9. The van der Waals surface area contributed by atoms with E-state index in [-0.39, 0.29) is 23.9 Å². The van der Waals surface area contributed by atoms with Crippen molar-refractivity contribution < 1.29 is 27.4 Å². The van der Waals surface area contributed by atoms with Gasteiger partial charge in [-0.05, 0) is 68.3 Å². The number of nitrogens with zero attached hydrogens (tertiary/aromatic N) is 2. The second-order valence-corrected chi connectivity index (χ2v) is 6.26. The van der Waals surface area contributed by atoms with Crippen LogP contribution in [0.3, 0.4) is 0 Å². The average Bonchev–Trinajstić information content (AvgIpc) is 2.63. The van der Waals surface area contributed by atoms with Crippen LogP contribution in [0.2, 0.25) is 0 Å². The van der Waals surface area contributed by atoms with Crippen LogP contribution in [-0.2, 0) is 4.74 Å². The molecule has 0 fully saturated rings. The fourth-order valence-corrected chi connectivity index (χ4v) is 2.62. The first kappa shape index (κ1) is 20.4. The van der Waals surface area contributed by atoms with Crippen LogP contribution >= 0.6 is 0 Å². The minimum Gasteiger partial charge on any atom is -0.461 e. The van der Waals surface area contributed by atoms with E-state index >= 15 is 0 Å². The molecule has 0 radical (unpaired) electrons. The Labute approximate surface area is 164 Å². The Morgan fingerprint density at radius 2 is 1.62 bits per heavy atom. The van der Waals surface area contributed by atoms with Crippen LogP contribution in [0, 0.1) is 13.8 Å². The number of rotatable bonds is 5. The molecule has 3 rings (SSSR count). The number of ether oxygens (including phenoxy) is 2. The number of aryl methyl sites for hydroxylation is 2. The molecule has 0 aliphatic carbocycles. The number of halogens is 3. The summed E-state index contributed by atoms with van der Waals surface area (Å²) in [6.45, 7) is 5.69. The predicted octanol–water partition coefficient (Wildman–Crippen LogP) is 5.07. The first-order valence-corrected chi connectivity index (χ1v) is 8.75. The molecule has 152 valence electrons. The third kappa shape index (κ3) is 4.92. The van der Waals surface area contributed by atoms with Crippen molar-refractivity contribution in [1.29, 1.82) is 0 Å². The molecule has 29 heavy (non-hydrogen) atoms. The molecule has 1 aromatic heterocycles. The Morgan fingerprint density at radius 1 is 1.03 bits per heavy atom. The van der Waals surface area contributed by atoms with Gasteiger partial charge in [-0.15, -0.1) is 13.2 Å². The minimum atomic E-state index is -4.77. The van der Waals surface area contributed by atoms with E-state index in [1.165, 1.54) is 12.1 Å². The third-order valence-electron chi connectivity index (χ3n) is 4.10. The Balaban J connectivity index is 1.99. The lowest BCUT2D eigenvalue weighted by Crippen LogP contribution is -2.17. The van der Waals surface area contributed by atoms with Gasteiger partial charge in [0.25, 0.3) is 0 Å². The van der Waals surface area contributed by atoms with E-state index < -0.39 is 12.3 Å². The second kappa shape index (κ2) is 7.94. The SMILES string of the molecule is CCOC(=O)c1nc2cc(C)c(C)cc2nc1Nc1ccc(OC(F)(F)F)cc1. The summed E-state index contributed by atoms with van der Waals surface area (Å²) in [5, 5.41) is 2.92. The quantitative estimate of drug-likeness (QED) is 0.598. The topological polar surface area (TPSA) is 73.3 Å². The monoisotopic (exact) mass is 405 g/mol. The Hall–Kier alpha value is -3.36. The molecule has 0 amide bonds. The number of alkyl halides is 3. The summed E-state index contributed by atoms with van der Waals surface area (Å²) in [6.07, 6.45) is -4.77. The number of esters is 1. The zero-order chi connectivity index (χ0) is 21.2. The molecular weight excluding hydrogens is 387 g/mol. The summed E-state index contributed by atoms with van der Waals surface area (Å²) in [5.41, 5.74) is 3.51. The van der Waals surface area contributed by atoms with Crippen LogP contribution in [0.1, 0.15) is 28.5 Å². The lowest BCUT2D eigenvalue weighted by molar-refractivity contribution is -0.274. The van der Waals surface area contributed by atoms with Gasteiger partial charge in [-0.3, -0.25) is 0 Å². The Morgan fingerprint density at radius 3 is 2.17 bits per heavy atom. The van der Waals surface area contributed by atoms with Crippen molar-refractivity contribution in [3.63, 3.8) is 0 Å². The molecule has 2 aromatic carbocycles. The molecule has 0 spiro atoms. The number of carbonyl (C=O) groups excluding carboxylic acids is 1. The maximum absolute atomic E-state index is 12.4. The number of aromatic nitrogens is 2. The molecule has 0 unspecified atom stereocenters. The Kier molecular flexibility index (Phi) is 5.58. The van der Waals surface area contributed by atoms with E-state index in [1.54, 1.807) is 6.92 Å². The average molecular weight is 405 g/mol. The van der Waals surface area contributed by atoms with E-state index in [1.807, 2.05) is 26.0 Å². The van der Waals surface area contributed by atoms with E-state index in [2.05, 4.69) is 20.0 Å². The second-order valence-electron chi connectivity index (χ2n) is 6.26. The number of hydrogen-bond donors (Lipinski definition) is 1. The molecule has 0 aliphatic rings.